The molecule has 4 heteroatoms. The molecule has 0 saturated heterocycles. The number of primary amides is 1. The summed E-state index contributed by atoms with van der Waals surface area (Å²) in [5, 5.41) is 3.22. The highest BCUT2D eigenvalue weighted by Crippen LogP contribution is 2.14. The number of amides is 1. The summed E-state index contributed by atoms with van der Waals surface area (Å²) in [5.41, 5.74) is 4.81. The molecule has 0 spiro atoms. The molecule has 15 heavy (non-hydrogen) atoms. The Kier molecular flexibility index (Phi) is 6.52. The van der Waals surface area contributed by atoms with Crippen molar-refractivity contribution in [2.24, 2.45) is 5.73 Å². The number of nitrogens with one attached hydrogen (secondary N) is 1. The van der Waals surface area contributed by atoms with Gasteiger partial charge in [-0.3, -0.25) is 4.79 Å². The number of hydrogen-bond donors (Lipinski definition) is 2. The average Bonchev–Trinajstić information content (AvgIpc) is 2.11. The van der Waals surface area contributed by atoms with Crippen LogP contribution < -0.4 is 11.1 Å². The molecule has 0 heterocycles. The van der Waals surface area contributed by atoms with Crippen molar-refractivity contribution >= 4 is 5.91 Å². The van der Waals surface area contributed by atoms with Gasteiger partial charge in [0.1, 0.15) is 0 Å². The molecular weight excluding hydrogens is 192 g/mol. The minimum atomic E-state index is -0.595. The van der Waals surface area contributed by atoms with Crippen LogP contribution in [0.2, 0.25) is 0 Å². The Morgan fingerprint density at radius 2 is 2.07 bits per heavy atom. The number of rotatable bonds is 8. The minimum absolute atomic E-state index is 0.255. The fourth-order valence-corrected chi connectivity index (χ4v) is 1.63. The molecule has 90 valence electrons. The van der Waals surface area contributed by atoms with Crippen LogP contribution in [0.5, 0.6) is 0 Å². The molecule has 1 unspecified atom stereocenters. The summed E-state index contributed by atoms with van der Waals surface area (Å²) in [6.07, 6.45) is 2.65. The highest BCUT2D eigenvalue weighted by molar-refractivity contribution is 5.84. The maximum absolute atomic E-state index is 11.3. The summed E-state index contributed by atoms with van der Waals surface area (Å²) in [5.74, 6) is -0.284. The van der Waals surface area contributed by atoms with Crippen LogP contribution in [0.25, 0.3) is 0 Å². The second kappa shape index (κ2) is 6.80. The maximum Gasteiger partial charge on any atom is 0.237 e. The topological polar surface area (TPSA) is 64.3 Å². The largest absolute Gasteiger partial charge is 0.385 e. The molecule has 0 radical (unpaired) electrons. The van der Waals surface area contributed by atoms with Gasteiger partial charge in [-0.15, -0.1) is 0 Å². The number of unbranched alkanes of at least 4 members (excludes halogenated alkanes) is 1. The maximum atomic E-state index is 11.3. The van der Waals surface area contributed by atoms with Crippen LogP contribution in [0.3, 0.4) is 0 Å². The van der Waals surface area contributed by atoms with E-state index in [1.165, 1.54) is 0 Å². The number of carbonyl (C=O) groups is 1. The molecule has 0 bridgehead atoms. The van der Waals surface area contributed by atoms with Crippen LogP contribution >= 0.6 is 0 Å². The summed E-state index contributed by atoms with van der Waals surface area (Å²) in [7, 11) is 1.68. The molecule has 0 aliphatic carbocycles. The molecular formula is C11H24N2O2. The lowest BCUT2D eigenvalue weighted by Crippen LogP contribution is -2.55. The predicted molar refractivity (Wildman–Crippen MR) is 61.6 cm³/mol. The highest BCUT2D eigenvalue weighted by atomic mass is 16.5. The normalized spacial score (nSPS) is 15.3. The highest BCUT2D eigenvalue weighted by Gasteiger charge is 2.30. The van der Waals surface area contributed by atoms with Crippen LogP contribution in [0.1, 0.15) is 40.0 Å². The van der Waals surface area contributed by atoms with E-state index in [2.05, 4.69) is 5.32 Å². The van der Waals surface area contributed by atoms with Crippen molar-refractivity contribution in [1.29, 1.82) is 0 Å². The summed E-state index contributed by atoms with van der Waals surface area (Å²) < 4.78 is 4.96. The van der Waals surface area contributed by atoms with E-state index in [9.17, 15) is 4.79 Å². The third-order valence-corrected chi connectivity index (χ3v) is 2.43. The minimum Gasteiger partial charge on any atom is -0.385 e. The molecule has 0 saturated carbocycles. The molecule has 0 aliphatic rings. The second-order valence-electron chi connectivity index (χ2n) is 4.45. The lowest BCUT2D eigenvalue weighted by atomic mass is 9.93. The van der Waals surface area contributed by atoms with Crippen molar-refractivity contribution in [2.45, 2.75) is 51.6 Å². The van der Waals surface area contributed by atoms with Crippen LogP contribution in [-0.2, 0) is 9.53 Å². The van der Waals surface area contributed by atoms with Crippen LogP contribution in [-0.4, -0.2) is 31.2 Å². The number of ether oxygens (including phenoxy) is 1. The van der Waals surface area contributed by atoms with Gasteiger partial charge in [-0.1, -0.05) is 0 Å². The predicted octanol–water partition coefficient (Wildman–Crippen LogP) is 1.05. The van der Waals surface area contributed by atoms with E-state index in [-0.39, 0.29) is 11.9 Å². The van der Waals surface area contributed by atoms with Gasteiger partial charge < -0.3 is 15.8 Å². The Balaban J connectivity index is 4.08. The van der Waals surface area contributed by atoms with Crippen LogP contribution in [0, 0.1) is 0 Å². The Morgan fingerprint density at radius 3 is 2.47 bits per heavy atom. The molecule has 0 aliphatic heterocycles. The molecule has 0 fully saturated rings. The lowest BCUT2D eigenvalue weighted by Gasteiger charge is -2.29. The summed E-state index contributed by atoms with van der Waals surface area (Å²) in [6.45, 7) is 6.62. The molecule has 4 nitrogen and oxygen atoms in total. The van der Waals surface area contributed by atoms with Gasteiger partial charge in [0, 0.05) is 19.8 Å². The van der Waals surface area contributed by atoms with E-state index < -0.39 is 5.54 Å². The van der Waals surface area contributed by atoms with Crippen molar-refractivity contribution < 1.29 is 9.53 Å². The van der Waals surface area contributed by atoms with Crippen molar-refractivity contribution in [3.05, 3.63) is 0 Å². The third kappa shape index (κ3) is 5.74. The zero-order valence-electron chi connectivity index (χ0n) is 10.3. The molecule has 1 atom stereocenters. The molecule has 3 N–H and O–H groups in total. The van der Waals surface area contributed by atoms with Crippen molar-refractivity contribution in [3.63, 3.8) is 0 Å². The first-order valence-electron chi connectivity index (χ1n) is 5.49. The Hall–Kier alpha value is -0.610. The Morgan fingerprint density at radius 1 is 1.47 bits per heavy atom. The fraction of sp³-hybridized carbons (Fsp3) is 0.909. The Bertz CT molecular complexity index is 195. The smallest absolute Gasteiger partial charge is 0.237 e. The van der Waals surface area contributed by atoms with Crippen molar-refractivity contribution in [3.8, 4) is 0 Å². The summed E-state index contributed by atoms with van der Waals surface area (Å²) in [6, 6.07) is 0.255. The Labute approximate surface area is 92.6 Å². The standard InChI is InChI=1S/C11H24N2O2/c1-9(2)13-11(3,10(12)14)7-5-6-8-15-4/h9,13H,5-8H2,1-4H3,(H2,12,14). The zero-order valence-corrected chi connectivity index (χ0v) is 10.3. The average molecular weight is 216 g/mol. The van der Waals surface area contributed by atoms with Crippen LogP contribution in [0.15, 0.2) is 0 Å². The van der Waals surface area contributed by atoms with E-state index in [4.69, 9.17) is 10.5 Å². The number of carbonyl (C=O) groups excluding carboxylic acids is 1. The SMILES string of the molecule is COCCCCC(C)(NC(C)C)C(N)=O. The van der Waals surface area contributed by atoms with Gasteiger partial charge in [-0.25, -0.2) is 0 Å². The van der Waals surface area contributed by atoms with E-state index in [1.54, 1.807) is 7.11 Å². The van der Waals surface area contributed by atoms with E-state index in [0.29, 0.717) is 0 Å². The fourth-order valence-electron chi connectivity index (χ4n) is 1.63. The number of hydrogen-bond acceptors (Lipinski definition) is 3. The molecule has 0 aromatic heterocycles. The summed E-state index contributed by atoms with van der Waals surface area (Å²) >= 11 is 0. The first-order valence-corrected chi connectivity index (χ1v) is 5.49. The van der Waals surface area contributed by atoms with Gasteiger partial charge in [0.2, 0.25) is 5.91 Å². The third-order valence-electron chi connectivity index (χ3n) is 2.43. The number of nitrogens with two attached hydrogens (primary N) is 1. The zero-order chi connectivity index (χ0) is 11.9. The van der Waals surface area contributed by atoms with Crippen molar-refractivity contribution in [1.82, 2.24) is 5.32 Å². The van der Waals surface area contributed by atoms with E-state index in [0.717, 1.165) is 25.9 Å². The summed E-state index contributed by atoms with van der Waals surface area (Å²) in [4.78, 5) is 11.3. The molecule has 1 amide bonds. The first-order chi connectivity index (χ1) is 6.92. The lowest BCUT2D eigenvalue weighted by molar-refractivity contribution is -0.124. The quantitative estimate of drug-likeness (QED) is 0.596. The second-order valence-corrected chi connectivity index (χ2v) is 4.45. The molecule has 0 aromatic rings. The van der Waals surface area contributed by atoms with E-state index >= 15 is 0 Å². The first kappa shape index (κ1) is 14.4. The molecule has 0 aromatic carbocycles. The van der Waals surface area contributed by atoms with E-state index in [1.807, 2.05) is 20.8 Å². The van der Waals surface area contributed by atoms with Gasteiger partial charge in [0.15, 0.2) is 0 Å². The van der Waals surface area contributed by atoms with Gasteiger partial charge in [-0.2, -0.15) is 0 Å². The van der Waals surface area contributed by atoms with Gasteiger partial charge in [-0.05, 0) is 40.0 Å². The number of methoxy groups -OCH3 is 1. The van der Waals surface area contributed by atoms with Crippen LogP contribution in [0.4, 0.5) is 0 Å². The van der Waals surface area contributed by atoms with Gasteiger partial charge in [0.25, 0.3) is 0 Å². The van der Waals surface area contributed by atoms with Crippen molar-refractivity contribution in [2.75, 3.05) is 13.7 Å². The molecule has 0 rings (SSSR count). The van der Waals surface area contributed by atoms with Gasteiger partial charge in [0.05, 0.1) is 5.54 Å². The van der Waals surface area contributed by atoms with Gasteiger partial charge >= 0.3 is 0 Å². The monoisotopic (exact) mass is 216 g/mol.